The van der Waals surface area contributed by atoms with Gasteiger partial charge in [0.2, 0.25) is 0 Å². The van der Waals surface area contributed by atoms with Crippen molar-refractivity contribution in [2.24, 2.45) is 11.1 Å². The molecule has 1 saturated carbocycles. The normalized spacial score (nSPS) is 29.6. The molecule has 0 heterocycles. The van der Waals surface area contributed by atoms with Gasteiger partial charge in [-0.25, -0.2) is 0 Å². The van der Waals surface area contributed by atoms with Crippen LogP contribution in [0.5, 0.6) is 0 Å². The van der Waals surface area contributed by atoms with Gasteiger partial charge in [0.15, 0.2) is 0 Å². The summed E-state index contributed by atoms with van der Waals surface area (Å²) in [4.78, 5) is 0. The third kappa shape index (κ3) is 2.31. The molecule has 0 bridgehead atoms. The van der Waals surface area contributed by atoms with Crippen molar-refractivity contribution in [3.05, 3.63) is 34.3 Å². The topological polar surface area (TPSA) is 46.2 Å². The van der Waals surface area contributed by atoms with Crippen LogP contribution in [-0.2, 0) is 6.42 Å². The van der Waals surface area contributed by atoms with E-state index in [1.165, 1.54) is 5.56 Å². The van der Waals surface area contributed by atoms with Gasteiger partial charge in [-0.1, -0.05) is 34.5 Å². The van der Waals surface area contributed by atoms with E-state index in [0.29, 0.717) is 6.54 Å². The second-order valence-corrected chi connectivity index (χ2v) is 5.70. The van der Waals surface area contributed by atoms with Crippen molar-refractivity contribution in [1.82, 2.24) is 0 Å². The first-order valence-electron chi connectivity index (χ1n) is 5.79. The molecule has 0 radical (unpaired) electrons. The van der Waals surface area contributed by atoms with Gasteiger partial charge in [-0.2, -0.15) is 0 Å². The number of aliphatic hydroxyl groups is 1. The number of halogens is 1. The molecule has 0 spiro atoms. The summed E-state index contributed by atoms with van der Waals surface area (Å²) < 4.78 is 1.09. The molecule has 1 aromatic carbocycles. The van der Waals surface area contributed by atoms with E-state index in [1.54, 1.807) is 0 Å². The van der Waals surface area contributed by atoms with Gasteiger partial charge in [-0.15, -0.1) is 0 Å². The van der Waals surface area contributed by atoms with E-state index in [4.69, 9.17) is 5.73 Å². The first kappa shape index (κ1) is 12.1. The quantitative estimate of drug-likeness (QED) is 0.895. The molecule has 1 aliphatic rings. The van der Waals surface area contributed by atoms with Crippen LogP contribution >= 0.6 is 15.9 Å². The van der Waals surface area contributed by atoms with Crippen LogP contribution in [0, 0.1) is 5.41 Å². The Labute approximate surface area is 105 Å². The molecular weight excluding hydrogens is 266 g/mol. The first-order chi connectivity index (χ1) is 7.66. The summed E-state index contributed by atoms with van der Waals surface area (Å²) in [6, 6.07) is 8.27. The molecule has 0 aromatic heterocycles. The minimum Gasteiger partial charge on any atom is -0.392 e. The van der Waals surface area contributed by atoms with Gasteiger partial charge in [-0.05, 0) is 37.0 Å². The molecule has 2 atom stereocenters. The fraction of sp³-hybridized carbons (Fsp3) is 0.538. The fourth-order valence-corrected chi connectivity index (χ4v) is 3.14. The van der Waals surface area contributed by atoms with E-state index in [-0.39, 0.29) is 11.5 Å². The van der Waals surface area contributed by atoms with E-state index < -0.39 is 0 Å². The lowest BCUT2D eigenvalue weighted by Crippen LogP contribution is -2.39. The number of aliphatic hydroxyl groups excluding tert-OH is 1. The third-order valence-corrected chi connectivity index (χ3v) is 4.20. The van der Waals surface area contributed by atoms with Crippen LogP contribution < -0.4 is 5.73 Å². The average molecular weight is 284 g/mol. The highest BCUT2D eigenvalue weighted by Crippen LogP contribution is 2.40. The van der Waals surface area contributed by atoms with Crippen molar-refractivity contribution < 1.29 is 5.11 Å². The van der Waals surface area contributed by atoms with Gasteiger partial charge >= 0.3 is 0 Å². The van der Waals surface area contributed by atoms with E-state index in [2.05, 4.69) is 28.1 Å². The standard InChI is InChI=1S/C13H18BrNO/c14-11-4-1-3-10(7-11)8-13(9-15)6-2-5-12(13)16/h1,3-4,7,12,16H,2,5-6,8-9,15H2. The molecule has 0 saturated heterocycles. The maximum absolute atomic E-state index is 10.1. The number of rotatable bonds is 3. The molecule has 0 aliphatic heterocycles. The Balaban J connectivity index is 2.18. The minimum absolute atomic E-state index is 0.0964. The van der Waals surface area contributed by atoms with Crippen LogP contribution in [0.3, 0.4) is 0 Å². The summed E-state index contributed by atoms with van der Waals surface area (Å²) in [7, 11) is 0. The Hall–Kier alpha value is -0.380. The van der Waals surface area contributed by atoms with Crippen LogP contribution in [0.4, 0.5) is 0 Å². The van der Waals surface area contributed by atoms with Crippen LogP contribution in [0.25, 0.3) is 0 Å². The highest BCUT2D eigenvalue weighted by Gasteiger charge is 2.40. The Bertz CT molecular complexity index is 369. The summed E-state index contributed by atoms with van der Waals surface area (Å²) in [6.07, 6.45) is 3.66. The maximum atomic E-state index is 10.1. The Morgan fingerprint density at radius 2 is 2.31 bits per heavy atom. The fourth-order valence-electron chi connectivity index (χ4n) is 2.69. The van der Waals surface area contributed by atoms with Crippen molar-refractivity contribution >= 4 is 15.9 Å². The van der Waals surface area contributed by atoms with Gasteiger partial charge in [0.05, 0.1) is 6.10 Å². The average Bonchev–Trinajstić information content (AvgIpc) is 2.61. The summed E-state index contributed by atoms with van der Waals surface area (Å²) >= 11 is 3.47. The molecule has 1 aliphatic carbocycles. The largest absolute Gasteiger partial charge is 0.392 e. The van der Waals surface area contributed by atoms with Crippen molar-refractivity contribution in [2.45, 2.75) is 31.8 Å². The predicted molar refractivity (Wildman–Crippen MR) is 69.2 cm³/mol. The third-order valence-electron chi connectivity index (χ3n) is 3.71. The van der Waals surface area contributed by atoms with Crippen molar-refractivity contribution in [1.29, 1.82) is 0 Å². The number of nitrogens with two attached hydrogens (primary N) is 1. The highest BCUT2D eigenvalue weighted by molar-refractivity contribution is 9.10. The van der Waals surface area contributed by atoms with Crippen molar-refractivity contribution in [3.8, 4) is 0 Å². The smallest absolute Gasteiger partial charge is 0.0611 e. The molecule has 2 nitrogen and oxygen atoms in total. The molecule has 2 rings (SSSR count). The van der Waals surface area contributed by atoms with Gasteiger partial charge in [-0.3, -0.25) is 0 Å². The molecule has 0 amide bonds. The molecular formula is C13H18BrNO. The van der Waals surface area contributed by atoms with E-state index >= 15 is 0 Å². The molecule has 3 N–H and O–H groups in total. The van der Waals surface area contributed by atoms with Gasteiger partial charge in [0, 0.05) is 16.4 Å². The molecule has 1 fully saturated rings. The number of hydrogen-bond donors (Lipinski definition) is 2. The highest BCUT2D eigenvalue weighted by atomic mass is 79.9. The predicted octanol–water partition coefficient (Wildman–Crippen LogP) is 2.48. The second kappa shape index (κ2) is 4.86. The van der Waals surface area contributed by atoms with Crippen LogP contribution in [0.1, 0.15) is 24.8 Å². The Kier molecular flexibility index (Phi) is 3.67. The molecule has 2 unspecified atom stereocenters. The lowest BCUT2D eigenvalue weighted by Gasteiger charge is -2.31. The zero-order valence-electron chi connectivity index (χ0n) is 9.32. The summed E-state index contributed by atoms with van der Waals surface area (Å²) in [5.41, 5.74) is 7.03. The molecule has 1 aromatic rings. The summed E-state index contributed by atoms with van der Waals surface area (Å²) in [6.45, 7) is 0.570. The van der Waals surface area contributed by atoms with Crippen LogP contribution in [-0.4, -0.2) is 17.8 Å². The van der Waals surface area contributed by atoms with E-state index in [1.807, 2.05) is 12.1 Å². The monoisotopic (exact) mass is 283 g/mol. The van der Waals surface area contributed by atoms with E-state index in [9.17, 15) is 5.11 Å². The summed E-state index contributed by atoms with van der Waals surface area (Å²) in [5, 5.41) is 10.1. The Morgan fingerprint density at radius 1 is 1.50 bits per heavy atom. The zero-order valence-corrected chi connectivity index (χ0v) is 10.9. The number of hydrogen-bond acceptors (Lipinski definition) is 2. The zero-order chi connectivity index (χ0) is 11.6. The van der Waals surface area contributed by atoms with Crippen molar-refractivity contribution in [2.75, 3.05) is 6.54 Å². The van der Waals surface area contributed by atoms with Crippen LogP contribution in [0.15, 0.2) is 28.7 Å². The van der Waals surface area contributed by atoms with Crippen LogP contribution in [0.2, 0.25) is 0 Å². The molecule has 88 valence electrons. The van der Waals surface area contributed by atoms with Gasteiger partial charge < -0.3 is 10.8 Å². The maximum Gasteiger partial charge on any atom is 0.0611 e. The summed E-state index contributed by atoms with van der Waals surface area (Å²) in [5.74, 6) is 0. The van der Waals surface area contributed by atoms with Gasteiger partial charge in [0.1, 0.15) is 0 Å². The lowest BCUT2D eigenvalue weighted by molar-refractivity contribution is 0.0588. The molecule has 16 heavy (non-hydrogen) atoms. The van der Waals surface area contributed by atoms with Crippen molar-refractivity contribution in [3.63, 3.8) is 0 Å². The minimum atomic E-state index is -0.239. The van der Waals surface area contributed by atoms with E-state index in [0.717, 1.165) is 30.2 Å². The Morgan fingerprint density at radius 3 is 2.88 bits per heavy atom. The molecule has 3 heteroatoms. The first-order valence-corrected chi connectivity index (χ1v) is 6.58. The lowest BCUT2D eigenvalue weighted by atomic mass is 9.78. The second-order valence-electron chi connectivity index (χ2n) is 4.78. The number of benzene rings is 1. The van der Waals surface area contributed by atoms with Gasteiger partial charge in [0.25, 0.3) is 0 Å². The SMILES string of the molecule is NCC1(Cc2cccc(Br)c2)CCCC1O.